The summed E-state index contributed by atoms with van der Waals surface area (Å²) in [7, 11) is -1.19. The van der Waals surface area contributed by atoms with Gasteiger partial charge in [0.1, 0.15) is 0 Å². The van der Waals surface area contributed by atoms with E-state index in [0.29, 0.717) is 28.6 Å². The van der Waals surface area contributed by atoms with E-state index in [1.165, 1.54) is 38.4 Å². The van der Waals surface area contributed by atoms with Gasteiger partial charge in [-0.15, -0.1) is 0 Å². The van der Waals surface area contributed by atoms with Crippen LogP contribution in [0.4, 0.5) is 0 Å². The van der Waals surface area contributed by atoms with Gasteiger partial charge < -0.3 is 5.32 Å². The highest BCUT2D eigenvalue weighted by molar-refractivity contribution is 7.89. The highest BCUT2D eigenvalue weighted by Crippen LogP contribution is 2.21. The van der Waals surface area contributed by atoms with Gasteiger partial charge >= 0.3 is 0 Å². The standard InChI is InChI=1S/C17H18Cl2N2O4S/c1-21(25-2)26(23,24)15-7-4-13(5-8-15)17(22)20-10-9-12-3-6-14(18)11-16(12)19/h3-8,11H,9-10H2,1-2H3,(H,20,22). The molecule has 2 aromatic carbocycles. The quantitative estimate of drug-likeness (QED) is 0.703. The van der Waals surface area contributed by atoms with E-state index in [1.807, 2.05) is 6.07 Å². The van der Waals surface area contributed by atoms with Crippen LogP contribution >= 0.6 is 23.2 Å². The molecule has 9 heteroatoms. The first-order valence-electron chi connectivity index (χ1n) is 7.61. The molecule has 0 saturated carbocycles. The number of hydroxylamine groups is 1. The lowest BCUT2D eigenvalue weighted by Gasteiger charge is -2.14. The fraction of sp³-hybridized carbons (Fsp3) is 0.235. The smallest absolute Gasteiger partial charge is 0.264 e. The van der Waals surface area contributed by atoms with Crippen molar-refractivity contribution in [1.29, 1.82) is 0 Å². The SMILES string of the molecule is CON(C)S(=O)(=O)c1ccc(C(=O)NCCc2ccc(Cl)cc2Cl)cc1. The number of halogens is 2. The molecule has 0 radical (unpaired) electrons. The number of carbonyl (C=O) groups is 1. The van der Waals surface area contributed by atoms with Crippen molar-refractivity contribution in [2.24, 2.45) is 0 Å². The second-order valence-electron chi connectivity index (χ2n) is 5.36. The van der Waals surface area contributed by atoms with E-state index in [4.69, 9.17) is 28.0 Å². The summed E-state index contributed by atoms with van der Waals surface area (Å²) in [6.45, 7) is 0.382. The molecule has 1 amide bonds. The number of carbonyl (C=O) groups excluding carboxylic acids is 1. The predicted molar refractivity (Wildman–Crippen MR) is 101 cm³/mol. The molecule has 0 unspecified atom stereocenters. The van der Waals surface area contributed by atoms with E-state index in [-0.39, 0.29) is 10.8 Å². The van der Waals surface area contributed by atoms with E-state index in [2.05, 4.69) is 5.32 Å². The second kappa shape index (κ2) is 8.83. The molecule has 0 atom stereocenters. The highest BCUT2D eigenvalue weighted by Gasteiger charge is 2.20. The molecule has 0 aliphatic carbocycles. The minimum Gasteiger partial charge on any atom is -0.352 e. The fourth-order valence-corrected chi connectivity index (χ4v) is 3.64. The van der Waals surface area contributed by atoms with Crippen LogP contribution in [-0.4, -0.2) is 39.5 Å². The number of benzene rings is 2. The van der Waals surface area contributed by atoms with E-state index >= 15 is 0 Å². The Labute approximate surface area is 162 Å². The van der Waals surface area contributed by atoms with Gasteiger partial charge in [0.2, 0.25) is 0 Å². The summed E-state index contributed by atoms with van der Waals surface area (Å²) in [5, 5.41) is 3.86. The summed E-state index contributed by atoms with van der Waals surface area (Å²) in [4.78, 5) is 16.9. The minimum absolute atomic E-state index is 0.0337. The summed E-state index contributed by atoms with van der Waals surface area (Å²) in [6, 6.07) is 10.8. The lowest BCUT2D eigenvalue weighted by Crippen LogP contribution is -2.27. The first-order chi connectivity index (χ1) is 12.3. The number of amides is 1. The van der Waals surface area contributed by atoms with Gasteiger partial charge in [-0.3, -0.25) is 9.63 Å². The fourth-order valence-electron chi connectivity index (χ4n) is 2.16. The first kappa shape index (κ1) is 20.7. The van der Waals surface area contributed by atoms with Crippen molar-refractivity contribution in [2.75, 3.05) is 20.7 Å². The topological polar surface area (TPSA) is 75.7 Å². The van der Waals surface area contributed by atoms with Crippen LogP contribution in [0.2, 0.25) is 10.0 Å². The van der Waals surface area contributed by atoms with E-state index in [1.54, 1.807) is 12.1 Å². The number of hydrogen-bond donors (Lipinski definition) is 1. The van der Waals surface area contributed by atoms with E-state index in [0.717, 1.165) is 10.0 Å². The molecule has 0 bridgehead atoms. The van der Waals surface area contributed by atoms with Gasteiger partial charge in [0.25, 0.3) is 15.9 Å². The van der Waals surface area contributed by atoms with Crippen LogP contribution in [0.1, 0.15) is 15.9 Å². The number of nitrogens with zero attached hydrogens (tertiary/aromatic N) is 1. The van der Waals surface area contributed by atoms with E-state index in [9.17, 15) is 13.2 Å². The van der Waals surface area contributed by atoms with Gasteiger partial charge in [-0.25, -0.2) is 8.42 Å². The summed E-state index contributed by atoms with van der Waals surface area (Å²) in [5.74, 6) is -0.306. The molecule has 6 nitrogen and oxygen atoms in total. The summed E-state index contributed by atoms with van der Waals surface area (Å²) in [6.07, 6.45) is 0.548. The Bertz CT molecular complexity index is 886. The van der Waals surface area contributed by atoms with Crippen LogP contribution in [0.15, 0.2) is 47.4 Å². The minimum atomic E-state index is -3.74. The van der Waals surface area contributed by atoms with Crippen molar-refractivity contribution in [2.45, 2.75) is 11.3 Å². The zero-order valence-corrected chi connectivity index (χ0v) is 16.5. The van der Waals surface area contributed by atoms with Crippen LogP contribution < -0.4 is 5.32 Å². The Morgan fingerprint density at radius 3 is 2.38 bits per heavy atom. The molecule has 0 aliphatic rings. The summed E-state index contributed by atoms with van der Waals surface area (Å²) in [5.41, 5.74) is 1.23. The molecule has 26 heavy (non-hydrogen) atoms. The predicted octanol–water partition coefficient (Wildman–Crippen LogP) is 3.15. The normalized spacial score (nSPS) is 11.6. The van der Waals surface area contributed by atoms with E-state index < -0.39 is 10.0 Å². The maximum atomic E-state index is 12.2. The Kier molecular flexibility index (Phi) is 7.02. The van der Waals surface area contributed by atoms with Gasteiger partial charge in [0.05, 0.1) is 12.0 Å². The average Bonchev–Trinajstić information content (AvgIpc) is 2.62. The lowest BCUT2D eigenvalue weighted by atomic mass is 10.1. The number of hydrogen-bond acceptors (Lipinski definition) is 4. The van der Waals surface area contributed by atoms with Gasteiger partial charge in [-0.05, 0) is 48.4 Å². The molecule has 0 heterocycles. The zero-order chi connectivity index (χ0) is 19.3. The molecule has 0 fully saturated rings. The Hall–Kier alpha value is -1.64. The Balaban J connectivity index is 1.98. The molecular weight excluding hydrogens is 399 g/mol. The number of rotatable bonds is 7. The molecule has 0 aromatic heterocycles. The van der Waals surface area contributed by atoms with Gasteiger partial charge in [-0.2, -0.15) is 0 Å². The molecule has 0 spiro atoms. The largest absolute Gasteiger partial charge is 0.352 e. The highest BCUT2D eigenvalue weighted by atomic mass is 35.5. The Morgan fingerprint density at radius 2 is 1.81 bits per heavy atom. The van der Waals surface area contributed by atoms with Crippen LogP contribution in [0, 0.1) is 0 Å². The molecule has 0 saturated heterocycles. The second-order valence-corrected chi connectivity index (χ2v) is 8.14. The van der Waals surface area contributed by atoms with Crippen LogP contribution in [0.5, 0.6) is 0 Å². The third-order valence-corrected chi connectivity index (χ3v) is 5.99. The number of nitrogens with one attached hydrogen (secondary N) is 1. The molecule has 2 aromatic rings. The summed E-state index contributed by atoms with van der Waals surface area (Å²) >= 11 is 11.9. The van der Waals surface area contributed by atoms with Gasteiger partial charge in [-0.1, -0.05) is 33.7 Å². The van der Waals surface area contributed by atoms with Gasteiger partial charge in [0, 0.05) is 29.2 Å². The van der Waals surface area contributed by atoms with Crippen molar-refractivity contribution < 1.29 is 18.0 Å². The third kappa shape index (κ3) is 4.96. The summed E-state index contributed by atoms with van der Waals surface area (Å²) < 4.78 is 25.0. The van der Waals surface area contributed by atoms with Crippen LogP contribution in [-0.2, 0) is 21.3 Å². The van der Waals surface area contributed by atoms with Crippen molar-refractivity contribution >= 4 is 39.1 Å². The molecule has 1 N–H and O–H groups in total. The maximum Gasteiger partial charge on any atom is 0.264 e. The number of sulfonamides is 1. The van der Waals surface area contributed by atoms with Gasteiger partial charge in [0.15, 0.2) is 0 Å². The van der Waals surface area contributed by atoms with Crippen molar-refractivity contribution in [3.05, 3.63) is 63.6 Å². The van der Waals surface area contributed by atoms with Crippen molar-refractivity contribution in [3.8, 4) is 0 Å². The molecular formula is C17H18Cl2N2O4S. The lowest BCUT2D eigenvalue weighted by molar-refractivity contribution is -0.0258. The van der Waals surface area contributed by atoms with Crippen LogP contribution in [0.3, 0.4) is 0 Å². The zero-order valence-electron chi connectivity index (χ0n) is 14.2. The van der Waals surface area contributed by atoms with Crippen LogP contribution in [0.25, 0.3) is 0 Å². The monoisotopic (exact) mass is 416 g/mol. The molecule has 140 valence electrons. The Morgan fingerprint density at radius 1 is 1.15 bits per heavy atom. The third-order valence-electron chi connectivity index (χ3n) is 3.70. The van der Waals surface area contributed by atoms with Crippen molar-refractivity contribution in [1.82, 2.24) is 9.79 Å². The first-order valence-corrected chi connectivity index (χ1v) is 9.80. The molecule has 2 rings (SSSR count). The maximum absolute atomic E-state index is 12.2. The molecule has 0 aliphatic heterocycles. The average molecular weight is 417 g/mol. The van der Waals surface area contributed by atoms with Crippen molar-refractivity contribution in [3.63, 3.8) is 0 Å².